The van der Waals surface area contributed by atoms with Gasteiger partial charge in [-0.15, -0.1) is 10.2 Å². The van der Waals surface area contributed by atoms with E-state index < -0.39 is 0 Å². The number of benzene rings is 1. The highest BCUT2D eigenvalue weighted by molar-refractivity contribution is 6.31. The summed E-state index contributed by atoms with van der Waals surface area (Å²) in [5.41, 5.74) is 3.04. The predicted molar refractivity (Wildman–Crippen MR) is 85.4 cm³/mol. The van der Waals surface area contributed by atoms with Gasteiger partial charge in [0.1, 0.15) is 6.33 Å². The van der Waals surface area contributed by atoms with Crippen molar-refractivity contribution in [3.63, 3.8) is 0 Å². The summed E-state index contributed by atoms with van der Waals surface area (Å²) in [6.45, 7) is 0.492. The van der Waals surface area contributed by atoms with Crippen LogP contribution in [-0.2, 0) is 11.3 Å². The second kappa shape index (κ2) is 6.50. The molecule has 7 heteroatoms. The van der Waals surface area contributed by atoms with Crippen molar-refractivity contribution in [1.29, 1.82) is 0 Å². The zero-order valence-electron chi connectivity index (χ0n) is 11.7. The molecule has 1 heterocycles. The Morgan fingerprint density at radius 3 is 2.86 bits per heavy atom. The monoisotopic (exact) mass is 336 g/mol. The number of carbonyl (C=O) groups is 1. The smallest absolute Gasteiger partial charge is 0.247 e. The van der Waals surface area contributed by atoms with Gasteiger partial charge in [0.15, 0.2) is 5.82 Å². The molecular weight excluding hydrogens is 323 g/mol. The van der Waals surface area contributed by atoms with Crippen LogP contribution in [0.5, 0.6) is 0 Å². The molecule has 0 bridgehead atoms. The topological polar surface area (TPSA) is 61.9 Å². The first-order chi connectivity index (χ1) is 10.7. The molecule has 0 atom stereocenters. The number of H-pyrrole nitrogens is 1. The van der Waals surface area contributed by atoms with Crippen molar-refractivity contribution in [3.05, 3.63) is 46.7 Å². The van der Waals surface area contributed by atoms with Gasteiger partial charge < -0.3 is 9.88 Å². The maximum atomic E-state index is 12.1. The first kappa shape index (κ1) is 15.1. The summed E-state index contributed by atoms with van der Waals surface area (Å²) in [6, 6.07) is 5.91. The fourth-order valence-corrected chi connectivity index (χ4v) is 2.71. The highest BCUT2D eigenvalue weighted by Crippen LogP contribution is 2.30. The van der Waals surface area contributed by atoms with E-state index in [4.69, 9.17) is 23.2 Å². The molecular formula is C15H14Cl2N4O. The van der Waals surface area contributed by atoms with Crippen LogP contribution >= 0.6 is 23.2 Å². The molecule has 1 aromatic heterocycles. The molecule has 1 N–H and O–H groups in total. The van der Waals surface area contributed by atoms with E-state index in [0.29, 0.717) is 17.4 Å². The van der Waals surface area contributed by atoms with Gasteiger partial charge in [-0.2, -0.15) is 0 Å². The number of hydrogen-bond donors (Lipinski definition) is 1. The Kier molecular flexibility index (Phi) is 4.45. The van der Waals surface area contributed by atoms with Gasteiger partial charge in [-0.3, -0.25) is 4.79 Å². The lowest BCUT2D eigenvalue weighted by molar-refractivity contribution is -0.127. The van der Waals surface area contributed by atoms with Crippen LogP contribution in [-0.4, -0.2) is 32.0 Å². The summed E-state index contributed by atoms with van der Waals surface area (Å²) < 4.78 is 0. The van der Waals surface area contributed by atoms with Crippen molar-refractivity contribution < 1.29 is 4.79 Å². The fraction of sp³-hybridized carbons (Fsp3) is 0.267. The van der Waals surface area contributed by atoms with Crippen LogP contribution in [0.4, 0.5) is 0 Å². The third-order valence-electron chi connectivity index (χ3n) is 3.48. The minimum Gasteiger partial charge on any atom is -0.332 e. The number of nitrogens with zero attached hydrogens (tertiary/aromatic N) is 3. The highest BCUT2D eigenvalue weighted by atomic mass is 35.5. The molecule has 0 unspecified atom stereocenters. The molecule has 0 aliphatic heterocycles. The van der Waals surface area contributed by atoms with Crippen LogP contribution in [0.1, 0.15) is 18.4 Å². The van der Waals surface area contributed by atoms with Crippen LogP contribution in [0.2, 0.25) is 5.02 Å². The molecule has 1 fully saturated rings. The lowest BCUT2D eigenvalue weighted by Crippen LogP contribution is -2.31. The van der Waals surface area contributed by atoms with Gasteiger partial charge in [0, 0.05) is 34.8 Å². The van der Waals surface area contributed by atoms with Gasteiger partial charge in [-0.25, -0.2) is 0 Å². The Bertz CT molecular complexity index is 696. The predicted octanol–water partition coefficient (Wildman–Crippen LogP) is 3.37. The lowest BCUT2D eigenvalue weighted by atomic mass is 10.1. The van der Waals surface area contributed by atoms with Crippen molar-refractivity contribution in [3.8, 4) is 11.4 Å². The number of aromatic nitrogens is 3. The minimum absolute atomic E-state index is 0.0845. The third kappa shape index (κ3) is 3.48. The molecule has 3 rings (SSSR count). The quantitative estimate of drug-likeness (QED) is 0.851. The maximum Gasteiger partial charge on any atom is 0.247 e. The average Bonchev–Trinajstić information content (AvgIpc) is 3.17. The van der Waals surface area contributed by atoms with Crippen LogP contribution in [0.15, 0.2) is 36.1 Å². The van der Waals surface area contributed by atoms with Gasteiger partial charge in [-0.1, -0.05) is 23.2 Å². The molecule has 1 aliphatic carbocycles. The lowest BCUT2D eigenvalue weighted by Gasteiger charge is -2.21. The zero-order chi connectivity index (χ0) is 15.5. The number of amides is 1. The van der Waals surface area contributed by atoms with Crippen LogP contribution in [0.25, 0.3) is 11.4 Å². The second-order valence-electron chi connectivity index (χ2n) is 5.18. The summed E-state index contributed by atoms with van der Waals surface area (Å²) in [4.78, 5) is 16.9. The molecule has 0 radical (unpaired) electrons. The van der Waals surface area contributed by atoms with Gasteiger partial charge >= 0.3 is 0 Å². The van der Waals surface area contributed by atoms with Crippen molar-refractivity contribution >= 4 is 29.1 Å². The highest BCUT2D eigenvalue weighted by Gasteiger charge is 2.31. The number of nitrogens with one attached hydrogen (secondary N) is 1. The van der Waals surface area contributed by atoms with E-state index in [1.807, 2.05) is 23.1 Å². The number of halogens is 2. The van der Waals surface area contributed by atoms with E-state index in [1.54, 1.807) is 0 Å². The third-order valence-corrected chi connectivity index (χ3v) is 3.82. The molecule has 22 heavy (non-hydrogen) atoms. The van der Waals surface area contributed by atoms with Gasteiger partial charge in [0.25, 0.3) is 0 Å². The van der Waals surface area contributed by atoms with Crippen LogP contribution in [0, 0.1) is 0 Å². The second-order valence-corrected chi connectivity index (χ2v) is 5.86. The Balaban J connectivity index is 1.86. The zero-order valence-corrected chi connectivity index (χ0v) is 13.2. The van der Waals surface area contributed by atoms with Crippen molar-refractivity contribution in [2.24, 2.45) is 0 Å². The molecule has 5 nitrogen and oxygen atoms in total. The number of rotatable bonds is 5. The van der Waals surface area contributed by atoms with Gasteiger partial charge in [-0.05, 0) is 36.6 Å². The minimum atomic E-state index is -0.0845. The molecule has 1 aromatic carbocycles. The summed E-state index contributed by atoms with van der Waals surface area (Å²) in [6.07, 6.45) is 4.94. The van der Waals surface area contributed by atoms with Crippen LogP contribution in [0.3, 0.4) is 0 Å². The van der Waals surface area contributed by atoms with Crippen molar-refractivity contribution in [1.82, 2.24) is 20.1 Å². The Labute approximate surface area is 137 Å². The largest absolute Gasteiger partial charge is 0.332 e. The number of aromatic amines is 1. The molecule has 1 saturated carbocycles. The summed E-state index contributed by atoms with van der Waals surface area (Å²) in [5, 5.41) is 8.36. The SMILES string of the molecule is O=C(/C=C\Cl)N(Cc1cc(Cl)cc(-c2nnc[nH]2)c1)C1CC1. The molecule has 1 aliphatic rings. The first-order valence-corrected chi connectivity index (χ1v) is 7.72. The standard InChI is InChI=1S/C15H14Cl2N4O/c16-4-3-14(22)21(13-1-2-13)8-10-5-11(7-12(17)6-10)15-18-9-19-20-15/h3-7,9,13H,1-2,8H2,(H,18,19,20)/b4-3-. The Morgan fingerprint density at radius 2 is 2.23 bits per heavy atom. The van der Waals surface area contributed by atoms with E-state index in [0.717, 1.165) is 24.0 Å². The summed E-state index contributed by atoms with van der Waals surface area (Å²) >= 11 is 11.7. The van der Waals surface area contributed by atoms with Crippen LogP contribution < -0.4 is 0 Å². The Hall–Kier alpha value is -1.85. The normalized spacial score (nSPS) is 14.5. The van der Waals surface area contributed by atoms with E-state index in [1.165, 1.54) is 17.9 Å². The molecule has 2 aromatic rings. The number of hydrogen-bond acceptors (Lipinski definition) is 3. The van der Waals surface area contributed by atoms with E-state index >= 15 is 0 Å². The average molecular weight is 337 g/mol. The van der Waals surface area contributed by atoms with E-state index in [2.05, 4.69) is 15.2 Å². The summed E-state index contributed by atoms with van der Waals surface area (Å²) in [7, 11) is 0. The van der Waals surface area contributed by atoms with E-state index in [-0.39, 0.29) is 11.9 Å². The molecule has 114 valence electrons. The Morgan fingerprint density at radius 1 is 1.41 bits per heavy atom. The number of carbonyl (C=O) groups excluding carboxylic acids is 1. The van der Waals surface area contributed by atoms with Gasteiger partial charge in [0.05, 0.1) is 0 Å². The molecule has 0 saturated heterocycles. The fourth-order valence-electron chi connectivity index (χ4n) is 2.34. The van der Waals surface area contributed by atoms with Crippen molar-refractivity contribution in [2.75, 3.05) is 0 Å². The van der Waals surface area contributed by atoms with Crippen molar-refractivity contribution in [2.45, 2.75) is 25.4 Å². The molecule has 1 amide bonds. The molecule has 0 spiro atoms. The first-order valence-electron chi connectivity index (χ1n) is 6.90. The maximum absolute atomic E-state index is 12.1. The summed E-state index contributed by atoms with van der Waals surface area (Å²) in [5.74, 6) is 0.562. The van der Waals surface area contributed by atoms with E-state index in [9.17, 15) is 4.79 Å². The van der Waals surface area contributed by atoms with Gasteiger partial charge in [0.2, 0.25) is 5.91 Å².